The summed E-state index contributed by atoms with van der Waals surface area (Å²) in [5, 5.41) is 0. The number of anilines is 1. The molecule has 1 aromatic rings. The van der Waals surface area contributed by atoms with E-state index in [1.807, 2.05) is 6.92 Å². The zero-order valence-electron chi connectivity index (χ0n) is 11.8. The molecule has 1 fully saturated rings. The predicted molar refractivity (Wildman–Crippen MR) is 75.5 cm³/mol. The molecule has 108 valence electrons. The highest BCUT2D eigenvalue weighted by atomic mass is 16.5. The minimum Gasteiger partial charge on any atom is -0.453 e. The minimum atomic E-state index is -0.350. The molecule has 2 N–H and O–H groups in total. The van der Waals surface area contributed by atoms with Crippen LogP contribution >= 0.6 is 0 Å². The molecule has 0 aromatic heterocycles. The first-order valence-electron chi connectivity index (χ1n) is 6.52. The van der Waals surface area contributed by atoms with E-state index < -0.39 is 0 Å². The Hall–Kier alpha value is -2.24. The first-order valence-corrected chi connectivity index (χ1v) is 6.52. The number of carbonyl (C=O) groups is 2. The highest BCUT2D eigenvalue weighted by molar-refractivity contribution is 5.97. The summed E-state index contributed by atoms with van der Waals surface area (Å²) in [7, 11) is 1.36. The van der Waals surface area contributed by atoms with Gasteiger partial charge in [0, 0.05) is 37.4 Å². The van der Waals surface area contributed by atoms with Gasteiger partial charge in [-0.1, -0.05) is 6.07 Å². The number of carbonyl (C=O) groups excluding carboxylic acids is 2. The summed E-state index contributed by atoms with van der Waals surface area (Å²) in [6, 6.07) is 5.34. The molecule has 1 saturated heterocycles. The van der Waals surface area contributed by atoms with Crippen molar-refractivity contribution in [3.05, 3.63) is 29.3 Å². The van der Waals surface area contributed by atoms with E-state index in [0.717, 1.165) is 5.56 Å². The van der Waals surface area contributed by atoms with Gasteiger partial charge in [-0.3, -0.25) is 4.79 Å². The van der Waals surface area contributed by atoms with Gasteiger partial charge in [0.05, 0.1) is 7.11 Å². The Balaban J connectivity index is 2.05. The molecule has 1 aliphatic rings. The average molecular weight is 277 g/mol. The second kappa shape index (κ2) is 5.81. The Bertz CT molecular complexity index is 522. The summed E-state index contributed by atoms with van der Waals surface area (Å²) < 4.78 is 4.67. The van der Waals surface area contributed by atoms with Crippen LogP contribution in [0.2, 0.25) is 0 Å². The number of piperazine rings is 1. The Morgan fingerprint density at radius 3 is 2.35 bits per heavy atom. The van der Waals surface area contributed by atoms with Crippen molar-refractivity contribution < 1.29 is 14.3 Å². The summed E-state index contributed by atoms with van der Waals surface area (Å²) in [6.07, 6.45) is -0.350. The predicted octanol–water partition coefficient (Wildman–Crippen LogP) is 1.10. The van der Waals surface area contributed by atoms with Crippen LogP contribution < -0.4 is 5.73 Å². The van der Waals surface area contributed by atoms with Crippen LogP contribution in [0.15, 0.2) is 18.2 Å². The van der Waals surface area contributed by atoms with Crippen LogP contribution in [0.5, 0.6) is 0 Å². The van der Waals surface area contributed by atoms with Gasteiger partial charge < -0.3 is 20.3 Å². The molecular weight excluding hydrogens is 258 g/mol. The van der Waals surface area contributed by atoms with E-state index in [-0.39, 0.29) is 12.0 Å². The van der Waals surface area contributed by atoms with Crippen molar-refractivity contribution in [2.45, 2.75) is 6.92 Å². The number of amides is 2. The van der Waals surface area contributed by atoms with Gasteiger partial charge in [-0.15, -0.1) is 0 Å². The number of nitrogens with two attached hydrogens (primary N) is 1. The van der Waals surface area contributed by atoms with Gasteiger partial charge in [-0.2, -0.15) is 0 Å². The van der Waals surface area contributed by atoms with E-state index in [4.69, 9.17) is 5.73 Å². The van der Waals surface area contributed by atoms with Crippen LogP contribution in [0, 0.1) is 6.92 Å². The number of hydrogen-bond acceptors (Lipinski definition) is 4. The molecule has 0 bridgehead atoms. The lowest BCUT2D eigenvalue weighted by atomic mass is 10.1. The van der Waals surface area contributed by atoms with Crippen LogP contribution in [0.3, 0.4) is 0 Å². The molecule has 0 spiro atoms. The molecule has 20 heavy (non-hydrogen) atoms. The standard InChI is InChI=1S/C14H19N3O3/c1-10-11(4-3-5-12(10)15)13(18)16-6-8-17(9-7-16)14(19)20-2/h3-5H,6-9,15H2,1-2H3. The lowest BCUT2D eigenvalue weighted by molar-refractivity contribution is 0.0599. The van der Waals surface area contributed by atoms with Crippen LogP contribution in [-0.4, -0.2) is 55.1 Å². The first-order chi connectivity index (χ1) is 9.54. The molecule has 0 saturated carbocycles. The molecule has 0 unspecified atom stereocenters. The fourth-order valence-electron chi connectivity index (χ4n) is 2.28. The summed E-state index contributed by atoms with van der Waals surface area (Å²) in [4.78, 5) is 27.2. The van der Waals surface area contributed by atoms with Crippen molar-refractivity contribution in [2.75, 3.05) is 39.0 Å². The Kier molecular flexibility index (Phi) is 4.12. The number of nitrogen functional groups attached to an aromatic ring is 1. The van der Waals surface area contributed by atoms with Crippen LogP contribution in [0.1, 0.15) is 15.9 Å². The lowest BCUT2D eigenvalue weighted by Gasteiger charge is -2.34. The molecule has 1 aliphatic heterocycles. The van der Waals surface area contributed by atoms with Crippen molar-refractivity contribution in [3.8, 4) is 0 Å². The van der Waals surface area contributed by atoms with Gasteiger partial charge in [-0.25, -0.2) is 4.79 Å². The van der Waals surface area contributed by atoms with Crippen molar-refractivity contribution in [3.63, 3.8) is 0 Å². The molecular formula is C14H19N3O3. The Morgan fingerprint density at radius 1 is 1.15 bits per heavy atom. The molecule has 0 atom stereocenters. The fraction of sp³-hybridized carbons (Fsp3) is 0.429. The summed E-state index contributed by atoms with van der Waals surface area (Å²) >= 11 is 0. The molecule has 0 aliphatic carbocycles. The maximum Gasteiger partial charge on any atom is 0.409 e. The van der Waals surface area contributed by atoms with Crippen molar-refractivity contribution in [1.29, 1.82) is 0 Å². The molecule has 1 heterocycles. The third-order valence-electron chi connectivity index (χ3n) is 3.61. The third kappa shape index (κ3) is 2.68. The van der Waals surface area contributed by atoms with E-state index in [0.29, 0.717) is 37.4 Å². The van der Waals surface area contributed by atoms with E-state index in [1.165, 1.54) is 7.11 Å². The topological polar surface area (TPSA) is 75.9 Å². The summed E-state index contributed by atoms with van der Waals surface area (Å²) in [6.45, 7) is 3.82. The van der Waals surface area contributed by atoms with Crippen molar-refractivity contribution in [1.82, 2.24) is 9.80 Å². The van der Waals surface area contributed by atoms with E-state index >= 15 is 0 Å². The van der Waals surface area contributed by atoms with Gasteiger partial charge in [-0.05, 0) is 24.6 Å². The number of hydrogen-bond donors (Lipinski definition) is 1. The SMILES string of the molecule is COC(=O)N1CCN(C(=O)c2cccc(N)c2C)CC1. The molecule has 2 rings (SSSR count). The highest BCUT2D eigenvalue weighted by Crippen LogP contribution is 2.18. The number of nitrogens with zero attached hydrogens (tertiary/aromatic N) is 2. The minimum absolute atomic E-state index is 0.0423. The Labute approximate surface area is 118 Å². The molecule has 6 nitrogen and oxygen atoms in total. The number of methoxy groups -OCH3 is 1. The summed E-state index contributed by atoms with van der Waals surface area (Å²) in [5.41, 5.74) is 7.86. The van der Waals surface area contributed by atoms with Crippen LogP contribution in [0.4, 0.5) is 10.5 Å². The van der Waals surface area contributed by atoms with Gasteiger partial charge in [0.2, 0.25) is 0 Å². The average Bonchev–Trinajstić information content (AvgIpc) is 2.48. The molecule has 2 amide bonds. The molecule has 0 radical (unpaired) electrons. The highest BCUT2D eigenvalue weighted by Gasteiger charge is 2.26. The van der Waals surface area contributed by atoms with E-state index in [1.54, 1.807) is 28.0 Å². The lowest BCUT2D eigenvalue weighted by Crippen LogP contribution is -2.50. The van der Waals surface area contributed by atoms with E-state index in [9.17, 15) is 9.59 Å². The Morgan fingerprint density at radius 2 is 1.75 bits per heavy atom. The van der Waals surface area contributed by atoms with Gasteiger partial charge in [0.15, 0.2) is 0 Å². The second-order valence-corrected chi connectivity index (χ2v) is 4.77. The normalized spacial score (nSPS) is 15.1. The smallest absolute Gasteiger partial charge is 0.409 e. The van der Waals surface area contributed by atoms with Crippen LogP contribution in [-0.2, 0) is 4.74 Å². The van der Waals surface area contributed by atoms with Gasteiger partial charge in [0.25, 0.3) is 5.91 Å². The zero-order valence-corrected chi connectivity index (χ0v) is 11.8. The van der Waals surface area contributed by atoms with Crippen molar-refractivity contribution >= 4 is 17.7 Å². The fourth-order valence-corrected chi connectivity index (χ4v) is 2.28. The molecule has 1 aromatic carbocycles. The summed E-state index contributed by atoms with van der Waals surface area (Å²) in [5.74, 6) is -0.0423. The first kappa shape index (κ1) is 14.2. The number of rotatable bonds is 1. The molecule has 6 heteroatoms. The number of benzene rings is 1. The monoisotopic (exact) mass is 277 g/mol. The largest absolute Gasteiger partial charge is 0.453 e. The van der Waals surface area contributed by atoms with Crippen molar-refractivity contribution in [2.24, 2.45) is 0 Å². The van der Waals surface area contributed by atoms with Gasteiger partial charge >= 0.3 is 6.09 Å². The van der Waals surface area contributed by atoms with E-state index in [2.05, 4.69) is 4.74 Å². The second-order valence-electron chi connectivity index (χ2n) is 4.77. The maximum atomic E-state index is 12.5. The number of ether oxygens (including phenoxy) is 1. The van der Waals surface area contributed by atoms with Gasteiger partial charge in [0.1, 0.15) is 0 Å². The third-order valence-corrected chi connectivity index (χ3v) is 3.61. The van der Waals surface area contributed by atoms with Crippen LogP contribution in [0.25, 0.3) is 0 Å². The quantitative estimate of drug-likeness (QED) is 0.780. The maximum absolute atomic E-state index is 12.5. The zero-order chi connectivity index (χ0) is 14.7.